The van der Waals surface area contributed by atoms with E-state index in [9.17, 15) is 0 Å². The number of pyridine rings is 6. The van der Waals surface area contributed by atoms with E-state index in [0.717, 1.165) is 96.7 Å². The first kappa shape index (κ1) is 94.7. The molecule has 0 spiro atoms. The van der Waals surface area contributed by atoms with Gasteiger partial charge in [-0.1, -0.05) is 118 Å². The Labute approximate surface area is 701 Å². The Morgan fingerprint density at radius 3 is 0.324 bits per heavy atom. The minimum Gasteiger partial charge on any atom is -0.295 e. The van der Waals surface area contributed by atoms with E-state index in [-0.39, 0.29) is 78.6 Å². The molecule has 0 atom stereocenters. The van der Waals surface area contributed by atoms with Crippen molar-refractivity contribution in [1.29, 1.82) is 0 Å². The van der Waals surface area contributed by atoms with Crippen LogP contribution in [0.3, 0.4) is 0 Å². The van der Waals surface area contributed by atoms with Crippen LogP contribution in [0.4, 0.5) is 0 Å². The Morgan fingerprint density at radius 2 is 0.257 bits per heavy atom. The first-order chi connectivity index (χ1) is 48.4. The van der Waals surface area contributed by atoms with Gasteiger partial charge in [0.1, 0.15) is 0 Å². The Bertz CT molecular complexity index is 3560. The summed E-state index contributed by atoms with van der Waals surface area (Å²) < 4.78 is 0. The van der Waals surface area contributed by atoms with Crippen molar-refractivity contribution in [2.24, 2.45) is 0 Å². The molecule has 15 heteroatoms. The van der Waals surface area contributed by atoms with Gasteiger partial charge in [0, 0.05) is 0 Å². The zero-order valence-corrected chi connectivity index (χ0v) is 78.3. The van der Waals surface area contributed by atoms with Gasteiger partial charge in [-0.05, 0) is 315 Å². The molecule has 0 unspecified atom stereocenters. The summed E-state index contributed by atoms with van der Waals surface area (Å²) in [7, 11) is -11.4. The van der Waals surface area contributed by atoms with E-state index in [4.69, 9.17) is 29.9 Å². The van der Waals surface area contributed by atoms with E-state index >= 15 is 0 Å². The number of hydrogen-bond acceptors (Lipinski definition) is 6. The second kappa shape index (κ2) is 47.0. The summed E-state index contributed by atoms with van der Waals surface area (Å²) in [6, 6.07) is 25.5. The molecule has 105 heavy (non-hydrogen) atoms. The summed E-state index contributed by atoms with van der Waals surface area (Å²) in [5.41, 5.74) is 28.8. The molecule has 16 aromatic rings. The average Bonchev–Trinajstić information content (AvgIpc) is 1.72. The number of rotatable bonds is 6. The second-order valence-electron chi connectivity index (χ2n) is 30.9. The summed E-state index contributed by atoms with van der Waals surface area (Å²) in [6.45, 7) is 41.8. The van der Waals surface area contributed by atoms with Crippen LogP contribution in [0.25, 0.3) is 99.6 Å². The van der Waals surface area contributed by atoms with Gasteiger partial charge in [-0.25, -0.2) is 0 Å². The minimum atomic E-state index is -1.90. The van der Waals surface area contributed by atoms with Gasteiger partial charge in [0.15, 0.2) is 0 Å². The molecule has 0 amide bonds. The van der Waals surface area contributed by atoms with E-state index in [2.05, 4.69) is 225 Å². The summed E-state index contributed by atoms with van der Waals surface area (Å²) >= 11 is 0. The fourth-order valence-electron chi connectivity index (χ4n) is 10.0. The number of nitrogens with zero attached hydrogens (tertiary/aromatic N) is 6. The molecule has 12 bridgehead atoms. The maximum atomic E-state index is 5.08. The van der Waals surface area contributed by atoms with Gasteiger partial charge in [-0.2, -0.15) is 32.3 Å². The average molecular weight is 1710 g/mol. The Balaban J connectivity index is 0.000000575. The van der Waals surface area contributed by atoms with Gasteiger partial charge >= 0.3 is 78.6 Å². The molecular formula is C90H102N6Si6Zr3+6. The topological polar surface area (TPSA) is 77.3 Å². The first-order valence-corrected chi connectivity index (χ1v) is 56.1. The molecule has 6 saturated carbocycles. The third kappa shape index (κ3) is 36.6. The molecule has 6 aliphatic rings. The predicted molar refractivity (Wildman–Crippen MR) is 458 cm³/mol. The van der Waals surface area contributed by atoms with E-state index < -0.39 is 48.4 Å². The van der Waals surface area contributed by atoms with Crippen LogP contribution in [0, 0.1) is 193 Å². The Morgan fingerprint density at radius 1 is 0.162 bits per heavy atom. The van der Waals surface area contributed by atoms with Crippen molar-refractivity contribution in [2.75, 3.05) is 0 Å². The molecule has 0 aliphatic heterocycles. The smallest absolute Gasteiger partial charge is 0.295 e. The quantitative estimate of drug-likeness (QED) is 0.122. The molecule has 15 aromatic heterocycles. The maximum Gasteiger partial charge on any atom is 4.00 e. The van der Waals surface area contributed by atoms with Gasteiger partial charge in [-0.3, -0.25) is 95.4 Å². The standard InChI is InChI=1S/C60H72N6Si6.6C5H5.3Zr/c1-67(2,3)37-49-43-19-25-55(61-31-43)57-27-21-45(33-63-57)51(39-69(7,8)9)53(41-71(13,14)15)47-23-29-59(65-35-47)60-30-24-48(36-66-60)54(42-72(16,17)18)52(40-70(10,11)12)46-22-28-58(64-34-46)56-26-20-44(32-62-56)50(49)38-68(4,5)6;6*1-2-4-5-3-1;;;/h19-36H,1-18H3;6*1-5H;;;/q-6;;;;;;;3*+4. The van der Waals surface area contributed by atoms with Gasteiger partial charge in [0.2, 0.25) is 0 Å². The summed E-state index contributed by atoms with van der Waals surface area (Å²) in [5.74, 6) is 0. The van der Waals surface area contributed by atoms with Crippen LogP contribution in [0.15, 0.2) is 110 Å². The van der Waals surface area contributed by atoms with Crippen molar-refractivity contribution in [2.45, 2.75) is 118 Å². The van der Waals surface area contributed by atoms with Gasteiger partial charge < -0.3 is 0 Å². The van der Waals surface area contributed by atoms with Gasteiger partial charge in [0.25, 0.3) is 0 Å². The maximum absolute atomic E-state index is 5.08. The fourth-order valence-corrected chi connectivity index (χ4v) is 16.1. The molecule has 6 aliphatic carbocycles. The molecule has 30 radical (unpaired) electrons. The first-order valence-electron chi connectivity index (χ1n) is 35.1. The van der Waals surface area contributed by atoms with Gasteiger partial charge in [0.05, 0.1) is 33.1 Å². The largest absolute Gasteiger partial charge is 4.00 e. The second-order valence-corrected chi connectivity index (χ2v) is 59.4. The van der Waals surface area contributed by atoms with Crippen LogP contribution in [0.2, 0.25) is 118 Å². The van der Waals surface area contributed by atoms with Crippen molar-refractivity contribution in [3.05, 3.63) is 334 Å². The van der Waals surface area contributed by atoms with Crippen LogP contribution in [0.1, 0.15) is 0 Å². The van der Waals surface area contributed by atoms with E-state index in [0.29, 0.717) is 0 Å². The van der Waals surface area contributed by atoms with Crippen LogP contribution in [-0.4, -0.2) is 78.3 Å². The number of aromatic nitrogens is 6. The molecule has 6 nitrogen and oxygen atoms in total. The zero-order chi connectivity index (χ0) is 73.8. The molecule has 0 saturated heterocycles. The molecule has 6 fully saturated rings. The van der Waals surface area contributed by atoms with Crippen LogP contribution in [0.5, 0.6) is 0 Å². The van der Waals surface area contributed by atoms with Crippen LogP contribution < -0.4 is 31.3 Å². The van der Waals surface area contributed by atoms with E-state index in [1.165, 1.54) is 0 Å². The minimum absolute atomic E-state index is 0. The predicted octanol–water partition coefficient (Wildman–Crippen LogP) is 17.7. The normalized spacial score (nSPS) is 17.0. The van der Waals surface area contributed by atoms with E-state index in [1.807, 2.05) is 230 Å². The third-order valence-corrected chi connectivity index (χ3v) is 20.2. The monoisotopic (exact) mass is 1700 g/mol. The summed E-state index contributed by atoms with van der Waals surface area (Å²) in [4.78, 5) is 30.5. The van der Waals surface area contributed by atoms with Crippen LogP contribution in [-0.2, 0) is 78.6 Å². The van der Waals surface area contributed by atoms with Crippen molar-refractivity contribution in [3.63, 3.8) is 0 Å². The van der Waals surface area contributed by atoms with Crippen LogP contribution >= 0.6 is 0 Å². The Hall–Kier alpha value is -2.71. The third-order valence-electron chi connectivity index (χ3n) is 14.2. The van der Waals surface area contributed by atoms with Crippen molar-refractivity contribution >= 4 is 148 Å². The van der Waals surface area contributed by atoms with Crippen molar-refractivity contribution < 1.29 is 78.6 Å². The zero-order valence-electron chi connectivity index (χ0n) is 64.9. The molecular weight excluding hydrogens is 1610 g/mol. The molecule has 0 N–H and O–H groups in total. The molecule has 1 aromatic carbocycles. The van der Waals surface area contributed by atoms with Crippen molar-refractivity contribution in [3.8, 4) is 0 Å². The van der Waals surface area contributed by atoms with Crippen molar-refractivity contribution in [1.82, 2.24) is 29.9 Å². The molecule has 15 heterocycles. The molecule has 22 rings (SSSR count). The molecule has 522 valence electrons. The summed E-state index contributed by atoms with van der Waals surface area (Å²) in [6.07, 6.45) is 71.9. The van der Waals surface area contributed by atoms with Gasteiger partial charge in [-0.15, -0.1) is 36.4 Å². The van der Waals surface area contributed by atoms with E-state index in [1.54, 1.807) is 0 Å². The number of hydrogen-bond donors (Lipinski definition) is 0. The fraction of sp³-hybridized carbons (Fsp3) is 0.200. The SMILES string of the molecule is C[Si](C)(C)[C-]=c1c(=[C-][Si](C)(C)C)c2ccc(nc2)c2ccc(cn2)c(=[C-][Si](C)(C)C)c(=[C-][Si](C)(C)C)c2ccc(nc2)c2ccc(cn2)c(=[C-][Si](C)(C)C)c(=[C-][Si](C)(C)C)c2ccc(nc2)c2ccc1cn2.[CH]1[CH][CH][CH][CH]1.[CH]1[CH][CH][CH][CH]1.[CH]1[CH][CH][CH][CH]1.[CH]1[CH][CH][CH][CH]1.[CH]1[CH][CH][CH][CH]1.[CH]1[CH][CH][CH][CH]1.[Zr+4].[Zr+4].[Zr+4]. The Kier molecular flexibility index (Phi) is 42.3. The summed E-state index contributed by atoms with van der Waals surface area (Å²) in [5, 5.41) is 12.1.